The number of nitrogens with one attached hydrogen (secondary N) is 1. The van der Waals surface area contributed by atoms with Crippen LogP contribution in [-0.2, 0) is 0 Å². The summed E-state index contributed by atoms with van der Waals surface area (Å²) in [7, 11) is 0. The number of pyridine rings is 1. The lowest BCUT2D eigenvalue weighted by Gasteiger charge is -2.07. The molecule has 1 aromatic carbocycles. The Hall–Kier alpha value is -2.40. The van der Waals surface area contributed by atoms with Gasteiger partial charge in [0.15, 0.2) is 0 Å². The molecule has 2 heterocycles. The molecule has 0 unspecified atom stereocenters. The fraction of sp³-hybridized carbons (Fsp3) is 0.0667. The Morgan fingerprint density at radius 1 is 1.33 bits per heavy atom. The third-order valence-corrected chi connectivity index (χ3v) is 3.33. The van der Waals surface area contributed by atoms with Gasteiger partial charge in [-0.25, -0.2) is 9.37 Å². The van der Waals surface area contributed by atoms with Crippen molar-refractivity contribution in [3.63, 3.8) is 0 Å². The maximum Gasteiger partial charge on any atom is 0.274 e. The first kappa shape index (κ1) is 13.6. The molecule has 21 heavy (non-hydrogen) atoms. The molecular weight excluding hydrogens is 293 g/mol. The van der Waals surface area contributed by atoms with Gasteiger partial charge < -0.3 is 5.32 Å². The molecule has 2 aromatic heterocycles. The first-order valence-corrected chi connectivity index (χ1v) is 6.64. The van der Waals surface area contributed by atoms with Crippen molar-refractivity contribution in [2.24, 2.45) is 0 Å². The number of carbonyl (C=O) groups excluding carboxylic acids is 1. The predicted octanol–water partition coefficient (Wildman–Crippen LogP) is 3.69. The third kappa shape index (κ3) is 2.48. The Bertz CT molecular complexity index is 844. The van der Waals surface area contributed by atoms with Crippen LogP contribution in [0.1, 0.15) is 16.2 Å². The van der Waals surface area contributed by atoms with Gasteiger partial charge in [0, 0.05) is 17.3 Å². The molecule has 0 aliphatic rings. The molecule has 0 fully saturated rings. The van der Waals surface area contributed by atoms with Gasteiger partial charge in [0.1, 0.15) is 17.2 Å². The number of aryl methyl sites for hydroxylation is 1. The molecule has 1 amide bonds. The Kier molecular flexibility index (Phi) is 3.35. The highest BCUT2D eigenvalue weighted by atomic mass is 35.5. The smallest absolute Gasteiger partial charge is 0.274 e. The van der Waals surface area contributed by atoms with Crippen LogP contribution in [0.25, 0.3) is 5.65 Å². The van der Waals surface area contributed by atoms with Gasteiger partial charge in [-0.05, 0) is 25.1 Å². The van der Waals surface area contributed by atoms with Gasteiger partial charge in [0.05, 0.1) is 11.4 Å². The number of imidazole rings is 1. The first-order valence-electron chi connectivity index (χ1n) is 6.26. The van der Waals surface area contributed by atoms with Crippen molar-refractivity contribution in [1.82, 2.24) is 9.38 Å². The summed E-state index contributed by atoms with van der Waals surface area (Å²) in [6.45, 7) is 1.72. The summed E-state index contributed by atoms with van der Waals surface area (Å²) >= 11 is 5.91. The van der Waals surface area contributed by atoms with Crippen LogP contribution in [0, 0.1) is 12.7 Å². The summed E-state index contributed by atoms with van der Waals surface area (Å²) in [5, 5.41) is 3.09. The minimum absolute atomic E-state index is 0.130. The fourth-order valence-corrected chi connectivity index (χ4v) is 2.31. The molecule has 0 bridgehead atoms. The van der Waals surface area contributed by atoms with Crippen LogP contribution in [0.15, 0.2) is 42.6 Å². The number of amides is 1. The van der Waals surface area contributed by atoms with Crippen molar-refractivity contribution < 1.29 is 9.18 Å². The van der Waals surface area contributed by atoms with Crippen molar-refractivity contribution in [3.05, 3.63) is 64.8 Å². The topological polar surface area (TPSA) is 46.4 Å². The molecule has 3 rings (SSSR count). The molecule has 4 nitrogen and oxygen atoms in total. The summed E-state index contributed by atoms with van der Waals surface area (Å²) in [5.74, 6) is -0.909. The molecular formula is C15H11ClFN3O. The Labute approximate surface area is 125 Å². The molecule has 3 aromatic rings. The van der Waals surface area contributed by atoms with E-state index in [9.17, 15) is 9.18 Å². The van der Waals surface area contributed by atoms with Gasteiger partial charge in [-0.2, -0.15) is 0 Å². The molecule has 0 spiro atoms. The monoisotopic (exact) mass is 303 g/mol. The van der Waals surface area contributed by atoms with Crippen LogP contribution in [0.3, 0.4) is 0 Å². The SMILES string of the molecule is Cc1nc2cc(Cl)ccn2c1C(=O)Nc1ccccc1F. The van der Waals surface area contributed by atoms with E-state index in [1.54, 1.807) is 41.8 Å². The van der Waals surface area contributed by atoms with Gasteiger partial charge in [-0.3, -0.25) is 9.20 Å². The van der Waals surface area contributed by atoms with Crippen molar-refractivity contribution >= 4 is 28.8 Å². The van der Waals surface area contributed by atoms with Gasteiger partial charge in [0.25, 0.3) is 5.91 Å². The largest absolute Gasteiger partial charge is 0.318 e. The standard InChI is InChI=1S/C15H11ClFN3O/c1-9-14(20-7-6-10(16)8-13(20)18-9)15(21)19-12-5-3-2-4-11(12)17/h2-8H,1H3,(H,19,21). The molecule has 0 saturated carbocycles. The van der Waals surface area contributed by atoms with Crippen LogP contribution in [0.5, 0.6) is 0 Å². The number of aromatic nitrogens is 2. The molecule has 0 saturated heterocycles. The molecule has 0 aliphatic heterocycles. The van der Waals surface area contributed by atoms with E-state index in [1.165, 1.54) is 12.1 Å². The lowest BCUT2D eigenvalue weighted by molar-refractivity contribution is 0.102. The van der Waals surface area contributed by atoms with E-state index in [0.29, 0.717) is 22.1 Å². The number of nitrogens with zero attached hydrogens (tertiary/aromatic N) is 2. The van der Waals surface area contributed by atoms with E-state index < -0.39 is 11.7 Å². The predicted molar refractivity (Wildman–Crippen MR) is 79.3 cm³/mol. The van der Waals surface area contributed by atoms with Crippen molar-refractivity contribution in [3.8, 4) is 0 Å². The van der Waals surface area contributed by atoms with Gasteiger partial charge in [0.2, 0.25) is 0 Å². The number of fused-ring (bicyclic) bond motifs is 1. The lowest BCUT2D eigenvalue weighted by Crippen LogP contribution is -2.16. The Morgan fingerprint density at radius 2 is 2.10 bits per heavy atom. The third-order valence-electron chi connectivity index (χ3n) is 3.10. The minimum Gasteiger partial charge on any atom is -0.318 e. The summed E-state index contributed by atoms with van der Waals surface area (Å²) in [6.07, 6.45) is 1.66. The van der Waals surface area contributed by atoms with Crippen LogP contribution in [-0.4, -0.2) is 15.3 Å². The Balaban J connectivity index is 2.02. The van der Waals surface area contributed by atoms with Crippen molar-refractivity contribution in [2.45, 2.75) is 6.92 Å². The van der Waals surface area contributed by atoms with E-state index in [2.05, 4.69) is 10.3 Å². The van der Waals surface area contributed by atoms with Crippen LogP contribution in [0.2, 0.25) is 5.02 Å². The lowest BCUT2D eigenvalue weighted by atomic mass is 10.2. The van der Waals surface area contributed by atoms with E-state index in [1.807, 2.05) is 0 Å². The minimum atomic E-state index is -0.486. The summed E-state index contributed by atoms with van der Waals surface area (Å²) in [4.78, 5) is 16.7. The van der Waals surface area contributed by atoms with Crippen molar-refractivity contribution in [1.29, 1.82) is 0 Å². The average Bonchev–Trinajstić information content (AvgIpc) is 2.76. The maximum atomic E-state index is 13.6. The summed E-state index contributed by atoms with van der Waals surface area (Å²) < 4.78 is 15.2. The highest BCUT2D eigenvalue weighted by molar-refractivity contribution is 6.30. The quantitative estimate of drug-likeness (QED) is 0.785. The number of para-hydroxylation sites is 1. The zero-order valence-electron chi connectivity index (χ0n) is 11.1. The van der Waals surface area contributed by atoms with Gasteiger partial charge in [-0.1, -0.05) is 23.7 Å². The number of anilines is 1. The second kappa shape index (κ2) is 5.18. The highest BCUT2D eigenvalue weighted by Crippen LogP contribution is 2.19. The average molecular weight is 304 g/mol. The maximum absolute atomic E-state index is 13.6. The first-order chi connectivity index (χ1) is 10.1. The van der Waals surface area contributed by atoms with Crippen molar-refractivity contribution in [2.75, 3.05) is 5.32 Å². The van der Waals surface area contributed by atoms with Crippen LogP contribution < -0.4 is 5.32 Å². The second-order valence-electron chi connectivity index (χ2n) is 4.55. The zero-order valence-corrected chi connectivity index (χ0v) is 11.9. The fourth-order valence-electron chi connectivity index (χ4n) is 2.16. The summed E-state index contributed by atoms with van der Waals surface area (Å²) in [6, 6.07) is 9.33. The number of rotatable bonds is 2. The number of hydrogen-bond donors (Lipinski definition) is 1. The van der Waals surface area contributed by atoms with Gasteiger partial charge in [-0.15, -0.1) is 0 Å². The molecule has 0 aliphatic carbocycles. The summed E-state index contributed by atoms with van der Waals surface area (Å²) in [5.41, 5.74) is 1.60. The van der Waals surface area contributed by atoms with E-state index >= 15 is 0 Å². The molecule has 6 heteroatoms. The van der Waals surface area contributed by atoms with Gasteiger partial charge >= 0.3 is 0 Å². The van der Waals surface area contributed by atoms with Crippen LogP contribution in [0.4, 0.5) is 10.1 Å². The second-order valence-corrected chi connectivity index (χ2v) is 4.99. The van der Waals surface area contributed by atoms with Crippen LogP contribution >= 0.6 is 11.6 Å². The highest BCUT2D eigenvalue weighted by Gasteiger charge is 2.17. The molecule has 0 atom stereocenters. The molecule has 106 valence electrons. The van der Waals surface area contributed by atoms with E-state index in [-0.39, 0.29) is 5.69 Å². The molecule has 1 N–H and O–H groups in total. The number of halogens is 2. The number of hydrogen-bond acceptors (Lipinski definition) is 2. The number of benzene rings is 1. The van der Waals surface area contributed by atoms with E-state index in [0.717, 1.165) is 0 Å². The number of carbonyl (C=O) groups is 1. The molecule has 0 radical (unpaired) electrons. The van der Waals surface area contributed by atoms with E-state index in [4.69, 9.17) is 11.6 Å². The zero-order chi connectivity index (χ0) is 15.0. The normalized spacial score (nSPS) is 10.8. The Morgan fingerprint density at radius 3 is 2.86 bits per heavy atom.